The third-order valence-corrected chi connectivity index (χ3v) is 7.16. The van der Waals surface area contributed by atoms with Crippen LogP contribution < -0.4 is 4.74 Å². The second kappa shape index (κ2) is 12.1. The van der Waals surface area contributed by atoms with Crippen LogP contribution in [0.3, 0.4) is 0 Å². The Morgan fingerprint density at radius 1 is 1.06 bits per heavy atom. The van der Waals surface area contributed by atoms with Crippen LogP contribution in [0, 0.1) is 25.6 Å². The molecule has 0 N–H and O–H groups in total. The number of hydrogen-bond donors (Lipinski definition) is 0. The van der Waals surface area contributed by atoms with Gasteiger partial charge in [-0.15, -0.1) is 0 Å². The number of carbonyl (C=O) groups excluding carboxylic acids is 1. The lowest BCUT2D eigenvalue weighted by Gasteiger charge is -2.36. The number of pyridine rings is 1. The number of aryl methyl sites for hydroxylation is 2. The molecule has 6 heteroatoms. The predicted octanol–water partition coefficient (Wildman–Crippen LogP) is 5.57. The van der Waals surface area contributed by atoms with Gasteiger partial charge in [-0.25, -0.2) is 4.39 Å². The Kier molecular flexibility index (Phi) is 8.70. The van der Waals surface area contributed by atoms with E-state index in [1.54, 1.807) is 12.1 Å². The van der Waals surface area contributed by atoms with Crippen LogP contribution >= 0.6 is 0 Å². The van der Waals surface area contributed by atoms with Crippen molar-refractivity contribution < 1.29 is 13.9 Å². The summed E-state index contributed by atoms with van der Waals surface area (Å²) in [6.45, 7) is 7.48. The summed E-state index contributed by atoms with van der Waals surface area (Å²) in [5.74, 6) is 0.630. The standard InChI is InChI=1S/C30H36FN3O2/c1-22-8-4-5-10-27(22)29(28-23(2)9-6-17-32-28)33(3)30(35)24-15-19-34(20-16-24)18-7-21-36-26-13-11-25(31)12-14-26/h4-6,8-14,17,24,29H,7,15-16,18-21H2,1-3H3. The number of benzene rings is 2. The lowest BCUT2D eigenvalue weighted by molar-refractivity contribution is -0.137. The summed E-state index contributed by atoms with van der Waals surface area (Å²) >= 11 is 0. The van der Waals surface area contributed by atoms with Crippen molar-refractivity contribution in [2.24, 2.45) is 5.92 Å². The van der Waals surface area contributed by atoms with Crippen LogP contribution in [0.4, 0.5) is 4.39 Å². The Hall–Kier alpha value is -3.25. The van der Waals surface area contributed by atoms with Crippen LogP contribution in [0.15, 0.2) is 66.9 Å². The topological polar surface area (TPSA) is 45.7 Å². The molecule has 5 nitrogen and oxygen atoms in total. The molecule has 4 rings (SSSR count). The number of carbonyl (C=O) groups is 1. The first kappa shape index (κ1) is 25.8. The molecule has 36 heavy (non-hydrogen) atoms. The fraction of sp³-hybridized carbons (Fsp3) is 0.400. The van der Waals surface area contributed by atoms with Crippen molar-refractivity contribution in [1.29, 1.82) is 0 Å². The number of ether oxygens (including phenoxy) is 1. The van der Waals surface area contributed by atoms with Gasteiger partial charge >= 0.3 is 0 Å². The Morgan fingerprint density at radius 3 is 2.44 bits per heavy atom. The van der Waals surface area contributed by atoms with E-state index < -0.39 is 0 Å². The van der Waals surface area contributed by atoms with Crippen molar-refractivity contribution in [1.82, 2.24) is 14.8 Å². The highest BCUT2D eigenvalue weighted by Gasteiger charge is 2.33. The van der Waals surface area contributed by atoms with Crippen molar-refractivity contribution in [3.63, 3.8) is 0 Å². The smallest absolute Gasteiger partial charge is 0.226 e. The maximum absolute atomic E-state index is 13.7. The summed E-state index contributed by atoms with van der Waals surface area (Å²) in [7, 11) is 1.92. The van der Waals surface area contributed by atoms with E-state index in [2.05, 4.69) is 36.9 Å². The summed E-state index contributed by atoms with van der Waals surface area (Å²) in [5.41, 5.74) is 4.29. The summed E-state index contributed by atoms with van der Waals surface area (Å²) in [5, 5.41) is 0. The van der Waals surface area contributed by atoms with Gasteiger partial charge in [0.1, 0.15) is 11.6 Å². The summed E-state index contributed by atoms with van der Waals surface area (Å²) in [4.78, 5) is 22.7. The average molecular weight is 490 g/mol. The predicted molar refractivity (Wildman–Crippen MR) is 140 cm³/mol. The molecule has 1 amide bonds. The first-order valence-corrected chi connectivity index (χ1v) is 12.8. The van der Waals surface area contributed by atoms with E-state index in [4.69, 9.17) is 9.72 Å². The highest BCUT2D eigenvalue weighted by molar-refractivity contribution is 5.79. The summed E-state index contributed by atoms with van der Waals surface area (Å²) in [6.07, 6.45) is 4.40. The number of likely N-dealkylation sites (tertiary alicyclic amines) is 1. The zero-order valence-corrected chi connectivity index (χ0v) is 21.5. The van der Waals surface area contributed by atoms with Gasteiger partial charge in [-0.2, -0.15) is 0 Å². The summed E-state index contributed by atoms with van der Waals surface area (Å²) in [6, 6.07) is 18.2. The third kappa shape index (κ3) is 6.30. The molecule has 2 aromatic carbocycles. The van der Waals surface area contributed by atoms with Crippen molar-refractivity contribution in [3.8, 4) is 5.75 Å². The largest absolute Gasteiger partial charge is 0.494 e. The van der Waals surface area contributed by atoms with Crippen molar-refractivity contribution in [2.45, 2.75) is 39.2 Å². The molecule has 1 aromatic heterocycles. The molecular weight excluding hydrogens is 453 g/mol. The van der Waals surface area contributed by atoms with Gasteiger partial charge in [-0.3, -0.25) is 9.78 Å². The van der Waals surface area contributed by atoms with Crippen LogP contribution in [0.25, 0.3) is 0 Å². The molecule has 2 heterocycles. The first-order valence-electron chi connectivity index (χ1n) is 12.8. The van der Waals surface area contributed by atoms with E-state index in [0.29, 0.717) is 12.4 Å². The number of amides is 1. The molecular formula is C30H36FN3O2. The first-order chi connectivity index (χ1) is 17.4. The Balaban J connectivity index is 1.34. The van der Waals surface area contributed by atoms with E-state index in [1.807, 2.05) is 36.3 Å². The normalized spacial score (nSPS) is 15.4. The van der Waals surface area contributed by atoms with Gasteiger partial charge in [-0.05, 0) is 93.2 Å². The van der Waals surface area contributed by atoms with Crippen LogP contribution in [-0.4, -0.2) is 54.0 Å². The maximum Gasteiger partial charge on any atom is 0.226 e. The van der Waals surface area contributed by atoms with E-state index in [-0.39, 0.29) is 23.7 Å². The number of halogens is 1. The zero-order valence-electron chi connectivity index (χ0n) is 21.5. The fourth-order valence-electron chi connectivity index (χ4n) is 5.04. The lowest BCUT2D eigenvalue weighted by Crippen LogP contribution is -2.43. The molecule has 0 spiro atoms. The van der Waals surface area contributed by atoms with Crippen molar-refractivity contribution >= 4 is 5.91 Å². The molecule has 0 bridgehead atoms. The van der Waals surface area contributed by atoms with Crippen molar-refractivity contribution in [3.05, 3.63) is 95.1 Å². The number of nitrogens with zero attached hydrogens (tertiary/aromatic N) is 3. The van der Waals surface area contributed by atoms with Gasteiger partial charge in [0.25, 0.3) is 0 Å². The number of aromatic nitrogens is 1. The molecule has 1 saturated heterocycles. The molecule has 0 aliphatic carbocycles. The van der Waals surface area contributed by atoms with Gasteiger partial charge in [0.05, 0.1) is 18.3 Å². The van der Waals surface area contributed by atoms with Gasteiger partial charge in [0.15, 0.2) is 0 Å². The van der Waals surface area contributed by atoms with Crippen LogP contribution in [0.1, 0.15) is 47.7 Å². The molecule has 1 unspecified atom stereocenters. The van der Waals surface area contributed by atoms with Gasteiger partial charge < -0.3 is 14.5 Å². The van der Waals surface area contributed by atoms with E-state index in [9.17, 15) is 9.18 Å². The van der Waals surface area contributed by atoms with E-state index in [1.165, 1.54) is 12.1 Å². The number of rotatable bonds is 9. The number of hydrogen-bond acceptors (Lipinski definition) is 4. The van der Waals surface area contributed by atoms with Crippen molar-refractivity contribution in [2.75, 3.05) is 33.3 Å². The zero-order chi connectivity index (χ0) is 25.5. The Morgan fingerprint density at radius 2 is 1.75 bits per heavy atom. The molecule has 3 aromatic rings. The summed E-state index contributed by atoms with van der Waals surface area (Å²) < 4.78 is 18.7. The van der Waals surface area contributed by atoms with Crippen LogP contribution in [0.5, 0.6) is 5.75 Å². The molecule has 1 fully saturated rings. The second-order valence-electron chi connectivity index (χ2n) is 9.69. The minimum Gasteiger partial charge on any atom is -0.494 e. The van der Waals surface area contributed by atoms with Gasteiger partial charge in [0.2, 0.25) is 5.91 Å². The second-order valence-corrected chi connectivity index (χ2v) is 9.69. The maximum atomic E-state index is 13.7. The number of piperidine rings is 1. The van der Waals surface area contributed by atoms with Crippen LogP contribution in [-0.2, 0) is 4.79 Å². The van der Waals surface area contributed by atoms with Gasteiger partial charge in [-0.1, -0.05) is 30.3 Å². The molecule has 1 aliphatic heterocycles. The molecule has 1 atom stereocenters. The highest BCUT2D eigenvalue weighted by Crippen LogP contribution is 2.33. The third-order valence-electron chi connectivity index (χ3n) is 7.16. The quantitative estimate of drug-likeness (QED) is 0.369. The Bertz CT molecular complexity index is 1100. The van der Waals surface area contributed by atoms with E-state index in [0.717, 1.165) is 61.3 Å². The lowest BCUT2D eigenvalue weighted by atomic mass is 9.91. The minimum atomic E-state index is -0.259. The van der Waals surface area contributed by atoms with Crippen LogP contribution in [0.2, 0.25) is 0 Å². The Labute approximate surface area is 213 Å². The monoisotopic (exact) mass is 489 g/mol. The SMILES string of the molecule is Cc1ccccc1C(c1ncccc1C)N(C)C(=O)C1CCN(CCCOc2ccc(F)cc2)CC1. The van der Waals surface area contributed by atoms with E-state index >= 15 is 0 Å². The molecule has 0 radical (unpaired) electrons. The minimum absolute atomic E-state index is 0.0113. The molecule has 190 valence electrons. The average Bonchev–Trinajstić information content (AvgIpc) is 2.90. The van der Waals surface area contributed by atoms with Gasteiger partial charge in [0, 0.05) is 25.7 Å². The molecule has 0 saturated carbocycles. The molecule has 1 aliphatic rings. The highest BCUT2D eigenvalue weighted by atomic mass is 19.1. The fourth-order valence-corrected chi connectivity index (χ4v) is 5.04.